The highest BCUT2D eigenvalue weighted by Crippen LogP contribution is 2.26. The van der Waals surface area contributed by atoms with Crippen molar-refractivity contribution in [3.05, 3.63) is 35.9 Å². The molecule has 1 aromatic carbocycles. The van der Waals surface area contributed by atoms with E-state index in [9.17, 15) is 4.79 Å². The standard InChI is InChI=1S/C21H29N3O/c1-14(2)16(4)22-21(25)18-12-20(24-11-7-8-15(3)13-24)23-19-10-6-5-9-17(18)19/h5-6,9-10,12,14-16H,7-8,11,13H2,1-4H3,(H,22,25)/t15-,16-/m0/s1. The Morgan fingerprint density at radius 3 is 2.76 bits per heavy atom. The summed E-state index contributed by atoms with van der Waals surface area (Å²) in [5.74, 6) is 1.98. The highest BCUT2D eigenvalue weighted by Gasteiger charge is 2.21. The van der Waals surface area contributed by atoms with Gasteiger partial charge in [0.1, 0.15) is 5.82 Å². The molecule has 2 heterocycles. The lowest BCUT2D eigenvalue weighted by Gasteiger charge is -2.32. The van der Waals surface area contributed by atoms with Crippen LogP contribution in [0.15, 0.2) is 30.3 Å². The first-order chi connectivity index (χ1) is 12.0. The molecule has 3 rings (SSSR count). The van der Waals surface area contributed by atoms with Crippen molar-refractivity contribution >= 4 is 22.6 Å². The van der Waals surface area contributed by atoms with Gasteiger partial charge in [-0.25, -0.2) is 4.98 Å². The summed E-state index contributed by atoms with van der Waals surface area (Å²) in [6.45, 7) is 10.6. The van der Waals surface area contributed by atoms with Gasteiger partial charge >= 0.3 is 0 Å². The molecule has 1 N–H and O–H groups in total. The van der Waals surface area contributed by atoms with E-state index in [1.165, 1.54) is 12.8 Å². The van der Waals surface area contributed by atoms with Crippen LogP contribution in [0.3, 0.4) is 0 Å². The van der Waals surface area contributed by atoms with Crippen LogP contribution in [0.1, 0.15) is 50.9 Å². The number of hydrogen-bond donors (Lipinski definition) is 1. The van der Waals surface area contributed by atoms with Gasteiger partial charge in [0, 0.05) is 24.5 Å². The van der Waals surface area contributed by atoms with E-state index in [0.29, 0.717) is 11.8 Å². The molecule has 1 aliphatic heterocycles. The summed E-state index contributed by atoms with van der Waals surface area (Å²) in [5.41, 5.74) is 1.62. The van der Waals surface area contributed by atoms with Crippen LogP contribution in [0.2, 0.25) is 0 Å². The molecule has 0 spiro atoms. The van der Waals surface area contributed by atoms with Crippen LogP contribution in [-0.2, 0) is 0 Å². The lowest BCUT2D eigenvalue weighted by molar-refractivity contribution is 0.0932. The second kappa shape index (κ2) is 7.42. The number of amides is 1. The van der Waals surface area contributed by atoms with Gasteiger partial charge in [0.2, 0.25) is 0 Å². The van der Waals surface area contributed by atoms with Gasteiger partial charge in [0.25, 0.3) is 5.91 Å². The maximum absolute atomic E-state index is 12.9. The molecular formula is C21H29N3O. The predicted molar refractivity (Wildman–Crippen MR) is 104 cm³/mol. The third-order valence-electron chi connectivity index (χ3n) is 5.29. The maximum atomic E-state index is 12.9. The summed E-state index contributed by atoms with van der Waals surface area (Å²) in [6, 6.07) is 10.0. The van der Waals surface area contributed by atoms with Crippen molar-refractivity contribution in [1.82, 2.24) is 10.3 Å². The molecule has 1 fully saturated rings. The highest BCUT2D eigenvalue weighted by atomic mass is 16.1. The SMILES string of the molecule is CC(C)[C@H](C)NC(=O)c1cc(N2CCC[C@H](C)C2)nc2ccccc12. The topological polar surface area (TPSA) is 45.2 Å². The maximum Gasteiger partial charge on any atom is 0.252 e. The molecule has 0 bridgehead atoms. The average Bonchev–Trinajstić information content (AvgIpc) is 2.60. The number of nitrogens with zero attached hydrogens (tertiary/aromatic N) is 2. The van der Waals surface area contributed by atoms with E-state index >= 15 is 0 Å². The number of anilines is 1. The van der Waals surface area contributed by atoms with Crippen molar-refractivity contribution in [2.75, 3.05) is 18.0 Å². The molecule has 1 aliphatic rings. The monoisotopic (exact) mass is 339 g/mol. The number of hydrogen-bond acceptors (Lipinski definition) is 3. The van der Waals surface area contributed by atoms with Crippen LogP contribution in [0.5, 0.6) is 0 Å². The Balaban J connectivity index is 1.99. The van der Waals surface area contributed by atoms with E-state index < -0.39 is 0 Å². The molecule has 0 saturated carbocycles. The van der Waals surface area contributed by atoms with Crippen molar-refractivity contribution in [3.63, 3.8) is 0 Å². The van der Waals surface area contributed by atoms with Gasteiger partial charge < -0.3 is 10.2 Å². The molecule has 0 aliphatic carbocycles. The number of pyridine rings is 1. The fourth-order valence-corrected chi connectivity index (χ4v) is 3.36. The first kappa shape index (κ1) is 17.7. The molecule has 0 radical (unpaired) electrons. The number of piperidine rings is 1. The predicted octanol–water partition coefficient (Wildman–Crippen LogP) is 4.25. The number of carbonyl (C=O) groups is 1. The van der Waals surface area contributed by atoms with Gasteiger partial charge in [-0.1, -0.05) is 39.0 Å². The molecule has 134 valence electrons. The third kappa shape index (κ3) is 3.94. The Bertz CT molecular complexity index is 756. The normalized spacial score (nSPS) is 19.2. The Kier molecular flexibility index (Phi) is 5.26. The summed E-state index contributed by atoms with van der Waals surface area (Å²) in [7, 11) is 0. The minimum absolute atomic E-state index is 0.00823. The second-order valence-corrected chi connectivity index (χ2v) is 7.74. The number of fused-ring (bicyclic) bond motifs is 1. The average molecular weight is 339 g/mol. The van der Waals surface area contributed by atoms with Crippen molar-refractivity contribution in [3.8, 4) is 0 Å². The molecule has 2 aromatic rings. The first-order valence-corrected chi connectivity index (χ1v) is 9.41. The third-order valence-corrected chi connectivity index (χ3v) is 5.29. The first-order valence-electron chi connectivity index (χ1n) is 9.41. The van der Waals surface area contributed by atoms with Crippen LogP contribution in [-0.4, -0.2) is 30.0 Å². The van der Waals surface area contributed by atoms with Gasteiger partial charge in [-0.05, 0) is 43.7 Å². The fraction of sp³-hybridized carbons (Fsp3) is 0.524. The Labute approximate surface area is 150 Å². The van der Waals surface area contributed by atoms with Crippen molar-refractivity contribution in [2.45, 2.75) is 46.6 Å². The van der Waals surface area contributed by atoms with Crippen LogP contribution in [0.4, 0.5) is 5.82 Å². The van der Waals surface area contributed by atoms with Crippen LogP contribution >= 0.6 is 0 Å². The summed E-state index contributed by atoms with van der Waals surface area (Å²) >= 11 is 0. The van der Waals surface area contributed by atoms with E-state index in [2.05, 4.69) is 37.9 Å². The lowest BCUT2D eigenvalue weighted by Crippen LogP contribution is -2.37. The molecule has 4 heteroatoms. The second-order valence-electron chi connectivity index (χ2n) is 7.74. The number of para-hydroxylation sites is 1. The Hall–Kier alpha value is -2.10. The molecule has 0 unspecified atom stereocenters. The summed E-state index contributed by atoms with van der Waals surface area (Å²) < 4.78 is 0. The van der Waals surface area contributed by atoms with Crippen molar-refractivity contribution < 1.29 is 4.79 Å². The Morgan fingerprint density at radius 1 is 1.28 bits per heavy atom. The minimum Gasteiger partial charge on any atom is -0.356 e. The molecule has 1 aromatic heterocycles. The molecule has 1 amide bonds. The lowest BCUT2D eigenvalue weighted by atomic mass is 9.99. The van der Waals surface area contributed by atoms with Crippen LogP contribution < -0.4 is 10.2 Å². The zero-order valence-electron chi connectivity index (χ0n) is 15.7. The smallest absolute Gasteiger partial charge is 0.252 e. The molecule has 2 atom stereocenters. The number of aromatic nitrogens is 1. The zero-order valence-corrected chi connectivity index (χ0v) is 15.7. The van der Waals surface area contributed by atoms with Crippen molar-refractivity contribution in [2.24, 2.45) is 11.8 Å². The van der Waals surface area contributed by atoms with Gasteiger partial charge in [-0.15, -0.1) is 0 Å². The number of rotatable bonds is 4. The van der Waals surface area contributed by atoms with E-state index in [1.807, 2.05) is 30.3 Å². The molecule has 1 saturated heterocycles. The van der Waals surface area contributed by atoms with Crippen LogP contribution in [0, 0.1) is 11.8 Å². The van der Waals surface area contributed by atoms with E-state index in [1.54, 1.807) is 0 Å². The van der Waals surface area contributed by atoms with E-state index in [0.717, 1.165) is 35.4 Å². The molecule has 4 nitrogen and oxygen atoms in total. The highest BCUT2D eigenvalue weighted by molar-refractivity contribution is 6.07. The van der Waals surface area contributed by atoms with Gasteiger partial charge in [0.05, 0.1) is 11.1 Å². The van der Waals surface area contributed by atoms with Gasteiger partial charge in [-0.2, -0.15) is 0 Å². The number of benzene rings is 1. The fourth-order valence-electron chi connectivity index (χ4n) is 3.36. The molecule has 25 heavy (non-hydrogen) atoms. The molecular weight excluding hydrogens is 310 g/mol. The largest absolute Gasteiger partial charge is 0.356 e. The minimum atomic E-state index is -0.00823. The zero-order chi connectivity index (χ0) is 18.0. The number of carbonyl (C=O) groups excluding carboxylic acids is 1. The van der Waals surface area contributed by atoms with Gasteiger partial charge in [-0.3, -0.25) is 4.79 Å². The van der Waals surface area contributed by atoms with Crippen LogP contribution in [0.25, 0.3) is 10.9 Å². The Morgan fingerprint density at radius 2 is 2.04 bits per heavy atom. The number of nitrogens with one attached hydrogen (secondary N) is 1. The van der Waals surface area contributed by atoms with Gasteiger partial charge in [0.15, 0.2) is 0 Å². The summed E-state index contributed by atoms with van der Waals surface area (Å²) in [4.78, 5) is 20.1. The van der Waals surface area contributed by atoms with E-state index in [-0.39, 0.29) is 11.9 Å². The quantitative estimate of drug-likeness (QED) is 0.906. The van der Waals surface area contributed by atoms with Crippen molar-refractivity contribution in [1.29, 1.82) is 0 Å². The van der Waals surface area contributed by atoms with E-state index in [4.69, 9.17) is 4.98 Å². The summed E-state index contributed by atoms with van der Waals surface area (Å²) in [6.07, 6.45) is 2.45. The summed E-state index contributed by atoms with van der Waals surface area (Å²) in [5, 5.41) is 4.06.